The number of aromatic nitrogens is 1. The maximum atomic E-state index is 15.1. The standard InChI is InChI=1S/C38H47Cl2N5O4/c1-10-48-30-21-31(35(2,3)4)41-22-29(30)32-43-37(8,24-11-15-26(39)16-12-24)38(9,25-13-17-27(40)18-14-25)45(32)34(47)44-20-19-28(23-44)42-33(46)49-36(5,6)7/h11-18,21-22,28H,10,19-20,23H2,1-9H3,(H,42,46)/t28-,37-,38+/m0/s1. The van der Waals surface area contributed by atoms with Crippen LogP contribution in [0.15, 0.2) is 65.8 Å². The molecule has 49 heavy (non-hydrogen) atoms. The lowest BCUT2D eigenvalue weighted by atomic mass is 9.71. The first-order valence-corrected chi connectivity index (χ1v) is 17.5. The van der Waals surface area contributed by atoms with E-state index in [2.05, 4.69) is 26.1 Å². The Morgan fingerprint density at radius 3 is 2.10 bits per heavy atom. The number of halogens is 2. The second kappa shape index (κ2) is 13.5. The van der Waals surface area contributed by atoms with Gasteiger partial charge in [-0.05, 0) is 83.4 Å². The van der Waals surface area contributed by atoms with E-state index in [9.17, 15) is 4.79 Å². The van der Waals surface area contributed by atoms with E-state index in [1.165, 1.54) is 0 Å². The number of pyridine rings is 1. The number of hydrogen-bond acceptors (Lipinski definition) is 6. The molecule has 0 spiro atoms. The van der Waals surface area contributed by atoms with Crippen molar-refractivity contribution in [3.05, 3.63) is 93.2 Å². The minimum absolute atomic E-state index is 0.237. The van der Waals surface area contributed by atoms with Gasteiger partial charge in [0.05, 0.1) is 18.2 Å². The fourth-order valence-electron chi connectivity index (χ4n) is 6.52. The maximum absolute atomic E-state index is 15.1. The monoisotopic (exact) mass is 707 g/mol. The number of ether oxygens (including phenoxy) is 2. The zero-order valence-corrected chi connectivity index (χ0v) is 31.4. The van der Waals surface area contributed by atoms with Crippen molar-refractivity contribution in [3.8, 4) is 5.75 Å². The normalized spacial score (nSPS) is 22.6. The van der Waals surface area contributed by atoms with Crippen LogP contribution in [0.2, 0.25) is 10.0 Å². The number of rotatable bonds is 6. The van der Waals surface area contributed by atoms with Crippen LogP contribution < -0.4 is 10.1 Å². The molecule has 3 amide bonds. The van der Waals surface area contributed by atoms with Crippen LogP contribution in [0.5, 0.6) is 5.75 Å². The molecule has 3 atom stereocenters. The second-order valence-electron chi connectivity index (χ2n) is 15.0. The molecule has 1 aromatic heterocycles. The number of aliphatic imine (C=N–C) groups is 1. The fraction of sp³-hybridized carbons (Fsp3) is 0.474. The molecule has 262 valence electrons. The first-order valence-electron chi connectivity index (χ1n) is 16.7. The van der Waals surface area contributed by atoms with Crippen LogP contribution in [-0.2, 0) is 21.2 Å². The van der Waals surface area contributed by atoms with E-state index in [-0.39, 0.29) is 17.5 Å². The molecule has 3 aromatic rings. The molecule has 2 aliphatic heterocycles. The SMILES string of the molecule is CCOc1cc(C(C)(C)C)ncc1C1=N[C@@](C)(c2ccc(Cl)cc2)[C@@](C)(c2ccc(Cl)cc2)N1C(=O)N1CC[C@H](NC(=O)OC(C)(C)C)C1. The van der Waals surface area contributed by atoms with Crippen LogP contribution in [0, 0.1) is 0 Å². The quantitative estimate of drug-likeness (QED) is 0.277. The molecular weight excluding hydrogens is 661 g/mol. The Hall–Kier alpha value is -3.82. The van der Waals surface area contributed by atoms with Gasteiger partial charge in [-0.15, -0.1) is 0 Å². The van der Waals surface area contributed by atoms with Crippen LogP contribution in [0.25, 0.3) is 0 Å². The number of carbonyl (C=O) groups excluding carboxylic acids is 2. The predicted molar refractivity (Wildman–Crippen MR) is 195 cm³/mol. The first kappa shape index (κ1) is 36.5. The third-order valence-corrected chi connectivity index (χ3v) is 9.80. The number of likely N-dealkylation sites (tertiary alicyclic amines) is 1. The predicted octanol–water partition coefficient (Wildman–Crippen LogP) is 8.70. The van der Waals surface area contributed by atoms with Gasteiger partial charge in [-0.2, -0.15) is 0 Å². The molecule has 2 aromatic carbocycles. The minimum atomic E-state index is -1.07. The van der Waals surface area contributed by atoms with Gasteiger partial charge in [0.15, 0.2) is 0 Å². The summed E-state index contributed by atoms with van der Waals surface area (Å²) in [5, 5.41) is 4.12. The van der Waals surface area contributed by atoms with E-state index >= 15 is 4.79 Å². The highest BCUT2D eigenvalue weighted by Crippen LogP contribution is 2.54. The Morgan fingerprint density at radius 1 is 0.959 bits per heavy atom. The minimum Gasteiger partial charge on any atom is -0.493 e. The number of hydrogen-bond donors (Lipinski definition) is 1. The third-order valence-electron chi connectivity index (χ3n) is 9.30. The lowest BCUT2D eigenvalue weighted by Crippen LogP contribution is -2.58. The summed E-state index contributed by atoms with van der Waals surface area (Å²) in [5.74, 6) is 1.02. The summed E-state index contributed by atoms with van der Waals surface area (Å²) in [4.78, 5) is 41.7. The van der Waals surface area contributed by atoms with Crippen molar-refractivity contribution in [3.63, 3.8) is 0 Å². The van der Waals surface area contributed by atoms with Gasteiger partial charge >= 0.3 is 12.1 Å². The lowest BCUT2D eigenvalue weighted by molar-refractivity contribution is 0.0504. The number of benzene rings is 2. The Labute approximate surface area is 300 Å². The van der Waals surface area contributed by atoms with Gasteiger partial charge in [0.1, 0.15) is 28.3 Å². The maximum Gasteiger partial charge on any atom is 0.407 e. The molecule has 0 radical (unpaired) electrons. The van der Waals surface area contributed by atoms with E-state index in [1.807, 2.05) is 96.1 Å². The van der Waals surface area contributed by atoms with Gasteiger partial charge in [0.2, 0.25) is 0 Å². The summed E-state index contributed by atoms with van der Waals surface area (Å²) >= 11 is 12.8. The van der Waals surface area contributed by atoms with Crippen molar-refractivity contribution in [2.24, 2.45) is 4.99 Å². The molecule has 0 bridgehead atoms. The smallest absolute Gasteiger partial charge is 0.407 e. The molecule has 2 aliphatic rings. The lowest BCUT2D eigenvalue weighted by Gasteiger charge is -2.46. The highest BCUT2D eigenvalue weighted by atomic mass is 35.5. The topological polar surface area (TPSA) is 96.4 Å². The summed E-state index contributed by atoms with van der Waals surface area (Å²) in [7, 11) is 0. The van der Waals surface area contributed by atoms with Gasteiger partial charge < -0.3 is 19.7 Å². The van der Waals surface area contributed by atoms with E-state index in [0.29, 0.717) is 53.3 Å². The summed E-state index contributed by atoms with van der Waals surface area (Å²) < 4.78 is 11.8. The van der Waals surface area contributed by atoms with Crippen LogP contribution in [-0.4, -0.2) is 64.1 Å². The zero-order valence-electron chi connectivity index (χ0n) is 29.9. The van der Waals surface area contributed by atoms with Gasteiger partial charge in [-0.25, -0.2) is 9.59 Å². The van der Waals surface area contributed by atoms with E-state index < -0.39 is 22.8 Å². The van der Waals surface area contributed by atoms with Crippen LogP contribution in [0.3, 0.4) is 0 Å². The summed E-state index contributed by atoms with van der Waals surface area (Å²) in [6, 6.07) is 16.5. The highest BCUT2D eigenvalue weighted by molar-refractivity contribution is 6.30. The molecule has 9 nitrogen and oxygen atoms in total. The van der Waals surface area contributed by atoms with Crippen molar-refractivity contribution in [1.82, 2.24) is 20.1 Å². The van der Waals surface area contributed by atoms with Crippen LogP contribution in [0.1, 0.15) is 91.1 Å². The van der Waals surface area contributed by atoms with E-state index in [4.69, 9.17) is 42.7 Å². The van der Waals surface area contributed by atoms with Crippen molar-refractivity contribution < 1.29 is 19.1 Å². The van der Waals surface area contributed by atoms with Gasteiger partial charge in [0.25, 0.3) is 0 Å². The molecular formula is C38H47Cl2N5O4. The van der Waals surface area contributed by atoms with Crippen molar-refractivity contribution >= 4 is 41.2 Å². The highest BCUT2D eigenvalue weighted by Gasteiger charge is 2.60. The van der Waals surface area contributed by atoms with E-state index in [0.717, 1.165) is 16.8 Å². The first-order chi connectivity index (χ1) is 22.9. The number of amidine groups is 1. The van der Waals surface area contributed by atoms with Crippen LogP contribution in [0.4, 0.5) is 9.59 Å². The Balaban J connectivity index is 1.68. The summed E-state index contributed by atoms with van der Waals surface area (Å²) in [6.07, 6.45) is 1.82. The van der Waals surface area contributed by atoms with Gasteiger partial charge in [-0.3, -0.25) is 14.9 Å². The third kappa shape index (κ3) is 7.24. The molecule has 5 rings (SSSR count). The Morgan fingerprint density at radius 2 is 1.55 bits per heavy atom. The Kier molecular flexibility index (Phi) is 10.0. The summed E-state index contributed by atoms with van der Waals surface area (Å²) in [6.45, 7) is 18.9. The molecule has 3 heterocycles. The van der Waals surface area contributed by atoms with Crippen molar-refractivity contribution in [1.29, 1.82) is 0 Å². The fourth-order valence-corrected chi connectivity index (χ4v) is 6.78. The molecule has 0 saturated carbocycles. The van der Waals surface area contributed by atoms with Crippen molar-refractivity contribution in [2.45, 2.75) is 96.9 Å². The largest absolute Gasteiger partial charge is 0.493 e. The average Bonchev–Trinajstić information content (AvgIpc) is 3.57. The number of carbonyl (C=O) groups is 2. The number of nitrogens with one attached hydrogen (secondary N) is 1. The molecule has 0 unspecified atom stereocenters. The molecule has 11 heteroatoms. The molecule has 0 aliphatic carbocycles. The molecule has 1 fully saturated rings. The number of urea groups is 1. The van der Waals surface area contributed by atoms with E-state index in [1.54, 1.807) is 16.0 Å². The second-order valence-corrected chi connectivity index (χ2v) is 15.9. The molecule has 1 N–H and O–H groups in total. The van der Waals surface area contributed by atoms with Gasteiger partial charge in [0, 0.05) is 46.5 Å². The van der Waals surface area contributed by atoms with Crippen LogP contribution >= 0.6 is 23.2 Å². The number of alkyl carbamates (subject to hydrolysis) is 1. The number of amides is 3. The van der Waals surface area contributed by atoms with Crippen molar-refractivity contribution in [2.75, 3.05) is 19.7 Å². The zero-order chi connectivity index (χ0) is 35.9. The Bertz CT molecular complexity index is 1730. The summed E-state index contributed by atoms with van der Waals surface area (Å²) in [5.41, 5.74) is 0.207. The molecule has 1 saturated heterocycles. The number of nitrogens with zero attached hydrogens (tertiary/aromatic N) is 4. The van der Waals surface area contributed by atoms with Gasteiger partial charge in [-0.1, -0.05) is 68.2 Å². The average molecular weight is 709 g/mol.